The molecular weight excluding hydrogens is 240 g/mol. The Morgan fingerprint density at radius 1 is 1.39 bits per heavy atom. The van der Waals surface area contributed by atoms with E-state index in [1.54, 1.807) is 6.92 Å². The molecule has 0 fully saturated rings. The quantitative estimate of drug-likeness (QED) is 0.867. The number of halogens is 2. The number of benzene rings is 1. The average Bonchev–Trinajstić information content (AvgIpc) is 2.29. The van der Waals surface area contributed by atoms with Crippen LogP contribution in [-0.2, 0) is 0 Å². The number of carbonyl (C=O) groups excluding carboxylic acids is 1. The van der Waals surface area contributed by atoms with Crippen LogP contribution in [0, 0.1) is 17.6 Å². The minimum Gasteiger partial charge on any atom is -0.388 e. The normalized spacial score (nSPS) is 14.4. The highest BCUT2D eigenvalue weighted by Gasteiger charge is 2.25. The molecule has 0 saturated carbocycles. The third kappa shape index (κ3) is 3.50. The lowest BCUT2D eigenvalue weighted by atomic mass is 9.92. The third-order valence-corrected chi connectivity index (χ3v) is 3.03. The van der Waals surface area contributed by atoms with E-state index in [1.807, 2.05) is 13.8 Å². The van der Waals surface area contributed by atoms with E-state index in [9.17, 15) is 18.7 Å². The lowest BCUT2D eigenvalue weighted by Gasteiger charge is -2.27. The summed E-state index contributed by atoms with van der Waals surface area (Å²) in [5, 5.41) is 12.4. The van der Waals surface area contributed by atoms with Gasteiger partial charge in [0.2, 0.25) is 0 Å². The minimum atomic E-state index is -1.07. The third-order valence-electron chi connectivity index (χ3n) is 3.03. The van der Waals surface area contributed by atoms with Gasteiger partial charge in [0.05, 0.1) is 5.60 Å². The molecule has 0 aliphatic carbocycles. The first-order valence-corrected chi connectivity index (χ1v) is 5.69. The van der Waals surface area contributed by atoms with Crippen molar-refractivity contribution in [3.8, 4) is 0 Å². The molecule has 1 atom stereocenters. The predicted octanol–water partition coefficient (Wildman–Crippen LogP) is 2.10. The van der Waals surface area contributed by atoms with Crippen molar-refractivity contribution >= 4 is 5.91 Å². The molecule has 0 radical (unpaired) electrons. The van der Waals surface area contributed by atoms with Crippen LogP contribution >= 0.6 is 0 Å². The molecule has 18 heavy (non-hydrogen) atoms. The maximum atomic E-state index is 12.9. The Morgan fingerprint density at radius 2 is 2.00 bits per heavy atom. The number of carbonyl (C=O) groups is 1. The van der Waals surface area contributed by atoms with Gasteiger partial charge in [-0.2, -0.15) is 0 Å². The van der Waals surface area contributed by atoms with Crippen LogP contribution in [0.5, 0.6) is 0 Å². The molecule has 1 rings (SSSR count). The monoisotopic (exact) mass is 257 g/mol. The Hall–Kier alpha value is -1.49. The van der Waals surface area contributed by atoms with Crippen molar-refractivity contribution in [3.05, 3.63) is 35.4 Å². The molecule has 2 N–H and O–H groups in total. The van der Waals surface area contributed by atoms with Gasteiger partial charge in [0.1, 0.15) is 0 Å². The molecule has 5 heteroatoms. The summed E-state index contributed by atoms with van der Waals surface area (Å²) in [6.45, 7) is 5.29. The van der Waals surface area contributed by atoms with Crippen molar-refractivity contribution in [2.75, 3.05) is 6.54 Å². The van der Waals surface area contributed by atoms with Crippen molar-refractivity contribution in [1.82, 2.24) is 5.32 Å². The van der Waals surface area contributed by atoms with Crippen LogP contribution in [0.25, 0.3) is 0 Å². The van der Waals surface area contributed by atoms with Crippen molar-refractivity contribution in [2.45, 2.75) is 26.4 Å². The van der Waals surface area contributed by atoms with Crippen LogP contribution in [0.15, 0.2) is 18.2 Å². The second kappa shape index (κ2) is 5.44. The van der Waals surface area contributed by atoms with Gasteiger partial charge < -0.3 is 10.4 Å². The van der Waals surface area contributed by atoms with Gasteiger partial charge in [-0.15, -0.1) is 0 Å². The molecule has 1 amide bonds. The summed E-state index contributed by atoms with van der Waals surface area (Å²) in [6.07, 6.45) is 0. The number of hydrogen-bond donors (Lipinski definition) is 2. The van der Waals surface area contributed by atoms with Gasteiger partial charge in [0.15, 0.2) is 11.6 Å². The molecule has 3 nitrogen and oxygen atoms in total. The van der Waals surface area contributed by atoms with E-state index >= 15 is 0 Å². The Labute approximate surface area is 105 Å². The van der Waals surface area contributed by atoms with E-state index < -0.39 is 23.1 Å². The maximum Gasteiger partial charge on any atom is 0.251 e. The summed E-state index contributed by atoms with van der Waals surface area (Å²) in [6, 6.07) is 2.91. The molecule has 1 aromatic rings. The molecule has 0 heterocycles. The summed E-state index contributed by atoms with van der Waals surface area (Å²) in [5.41, 5.74) is -1.03. The van der Waals surface area contributed by atoms with E-state index in [0.29, 0.717) is 0 Å². The first-order valence-electron chi connectivity index (χ1n) is 5.69. The van der Waals surface area contributed by atoms with Gasteiger partial charge in [-0.3, -0.25) is 4.79 Å². The highest BCUT2D eigenvalue weighted by atomic mass is 19.2. The molecule has 0 aromatic heterocycles. The van der Waals surface area contributed by atoms with Gasteiger partial charge in [-0.1, -0.05) is 13.8 Å². The molecule has 0 spiro atoms. The molecule has 1 aromatic carbocycles. The van der Waals surface area contributed by atoms with Crippen LogP contribution in [0.1, 0.15) is 31.1 Å². The van der Waals surface area contributed by atoms with Gasteiger partial charge >= 0.3 is 0 Å². The van der Waals surface area contributed by atoms with Gasteiger partial charge in [-0.25, -0.2) is 8.78 Å². The topological polar surface area (TPSA) is 49.3 Å². The van der Waals surface area contributed by atoms with Crippen LogP contribution in [0.2, 0.25) is 0 Å². The summed E-state index contributed by atoms with van der Waals surface area (Å²) in [7, 11) is 0. The SMILES string of the molecule is CC(C)[C@](C)(O)CNC(=O)c1ccc(F)c(F)c1. The standard InChI is InChI=1S/C13H17F2NO2/c1-8(2)13(3,18)7-16-12(17)9-4-5-10(14)11(15)6-9/h4-6,8,18H,7H2,1-3H3,(H,16,17)/t13-/m1/s1. The van der Waals surface area contributed by atoms with Crippen LogP contribution in [0.4, 0.5) is 8.78 Å². The predicted molar refractivity (Wildman–Crippen MR) is 64.2 cm³/mol. The Kier molecular flexibility index (Phi) is 4.40. The number of nitrogens with one attached hydrogen (secondary N) is 1. The zero-order chi connectivity index (χ0) is 13.9. The van der Waals surface area contributed by atoms with Crippen molar-refractivity contribution in [1.29, 1.82) is 0 Å². The van der Waals surface area contributed by atoms with Crippen molar-refractivity contribution in [3.63, 3.8) is 0 Å². The van der Waals surface area contributed by atoms with E-state index in [0.717, 1.165) is 12.1 Å². The lowest BCUT2D eigenvalue weighted by molar-refractivity contribution is 0.0142. The number of amides is 1. The second-order valence-electron chi connectivity index (χ2n) is 4.82. The second-order valence-corrected chi connectivity index (χ2v) is 4.82. The van der Waals surface area contributed by atoms with Gasteiger partial charge in [0.25, 0.3) is 5.91 Å². The molecule has 0 unspecified atom stereocenters. The van der Waals surface area contributed by atoms with E-state index in [2.05, 4.69) is 5.32 Å². The highest BCUT2D eigenvalue weighted by molar-refractivity contribution is 5.94. The molecule has 100 valence electrons. The Morgan fingerprint density at radius 3 is 2.50 bits per heavy atom. The fourth-order valence-corrected chi connectivity index (χ4v) is 1.20. The smallest absolute Gasteiger partial charge is 0.251 e. The lowest BCUT2D eigenvalue weighted by Crippen LogP contribution is -2.44. The van der Waals surface area contributed by atoms with Crippen molar-refractivity contribution in [2.24, 2.45) is 5.92 Å². The summed E-state index contributed by atoms with van der Waals surface area (Å²) < 4.78 is 25.6. The zero-order valence-electron chi connectivity index (χ0n) is 10.6. The maximum absolute atomic E-state index is 12.9. The summed E-state index contributed by atoms with van der Waals surface area (Å²) >= 11 is 0. The molecule has 0 aliphatic rings. The fourth-order valence-electron chi connectivity index (χ4n) is 1.20. The summed E-state index contributed by atoms with van der Waals surface area (Å²) in [4.78, 5) is 11.7. The largest absolute Gasteiger partial charge is 0.388 e. The molecule has 0 aliphatic heterocycles. The molecule has 0 saturated heterocycles. The van der Waals surface area contributed by atoms with E-state index in [4.69, 9.17) is 0 Å². The van der Waals surface area contributed by atoms with E-state index in [1.165, 1.54) is 6.07 Å². The number of aliphatic hydroxyl groups is 1. The molecular formula is C13H17F2NO2. The minimum absolute atomic E-state index is 0.0217. The Balaban J connectivity index is 2.69. The zero-order valence-corrected chi connectivity index (χ0v) is 10.6. The van der Waals surface area contributed by atoms with Crippen LogP contribution < -0.4 is 5.32 Å². The van der Waals surface area contributed by atoms with Crippen LogP contribution in [-0.4, -0.2) is 23.2 Å². The van der Waals surface area contributed by atoms with Crippen molar-refractivity contribution < 1.29 is 18.7 Å². The van der Waals surface area contributed by atoms with Crippen LogP contribution in [0.3, 0.4) is 0 Å². The highest BCUT2D eigenvalue weighted by Crippen LogP contribution is 2.15. The first kappa shape index (κ1) is 14.6. The first-order chi connectivity index (χ1) is 8.24. The summed E-state index contributed by atoms with van der Waals surface area (Å²) in [5.74, 6) is -2.66. The van der Waals surface area contributed by atoms with Gasteiger partial charge in [-0.05, 0) is 31.0 Å². The fraction of sp³-hybridized carbons (Fsp3) is 0.462. The Bertz CT molecular complexity index is 445. The number of rotatable bonds is 4. The number of hydrogen-bond acceptors (Lipinski definition) is 2. The van der Waals surface area contributed by atoms with E-state index in [-0.39, 0.29) is 18.0 Å². The van der Waals surface area contributed by atoms with Gasteiger partial charge in [0, 0.05) is 12.1 Å². The average molecular weight is 257 g/mol. The molecule has 0 bridgehead atoms.